The summed E-state index contributed by atoms with van der Waals surface area (Å²) in [7, 11) is 0. The van der Waals surface area contributed by atoms with E-state index in [0.29, 0.717) is 22.9 Å². The summed E-state index contributed by atoms with van der Waals surface area (Å²) in [5.74, 6) is -0.126. The van der Waals surface area contributed by atoms with Crippen molar-refractivity contribution < 1.29 is 9.72 Å². The molecule has 96 valence electrons. The Bertz CT molecular complexity index is 506. The van der Waals surface area contributed by atoms with E-state index in [9.17, 15) is 14.9 Å². The van der Waals surface area contributed by atoms with Crippen LogP contribution >= 0.6 is 15.9 Å². The summed E-state index contributed by atoms with van der Waals surface area (Å²) in [6, 6.07) is 3.94. The minimum atomic E-state index is -0.500. The number of nitrogens with one attached hydrogen (secondary N) is 1. The molecule has 2 atom stereocenters. The summed E-state index contributed by atoms with van der Waals surface area (Å²) in [6.07, 6.45) is 0.895. The van der Waals surface area contributed by atoms with E-state index in [1.54, 1.807) is 12.1 Å². The van der Waals surface area contributed by atoms with E-state index < -0.39 is 11.0 Å². The Morgan fingerprint density at radius 3 is 2.89 bits per heavy atom. The molecule has 0 bridgehead atoms. The van der Waals surface area contributed by atoms with Gasteiger partial charge in [0.05, 0.1) is 16.5 Å². The van der Waals surface area contributed by atoms with E-state index >= 15 is 0 Å². The van der Waals surface area contributed by atoms with Crippen molar-refractivity contribution in [3.8, 4) is 0 Å². The van der Waals surface area contributed by atoms with Crippen LogP contribution in [0.15, 0.2) is 22.7 Å². The van der Waals surface area contributed by atoms with Crippen molar-refractivity contribution in [3.05, 3.63) is 38.3 Å². The highest BCUT2D eigenvalue weighted by Crippen LogP contribution is 2.32. The normalized spacial score (nSPS) is 23.6. The summed E-state index contributed by atoms with van der Waals surface area (Å²) in [6.45, 7) is 0. The fraction of sp³-hybridized carbons (Fsp3) is 0.364. The van der Waals surface area contributed by atoms with E-state index in [1.807, 2.05) is 0 Å². The summed E-state index contributed by atoms with van der Waals surface area (Å²) in [5.41, 5.74) is 6.34. The predicted octanol–water partition coefficient (Wildman–Crippen LogP) is 1.64. The first-order valence-electron chi connectivity index (χ1n) is 5.48. The number of piperidine rings is 1. The molecule has 1 aromatic rings. The molecule has 3 N–H and O–H groups in total. The molecule has 0 spiro atoms. The second-order valence-electron chi connectivity index (χ2n) is 4.21. The van der Waals surface area contributed by atoms with Gasteiger partial charge in [-0.05, 0) is 18.6 Å². The number of nitrogens with two attached hydrogens (primary N) is 1. The van der Waals surface area contributed by atoms with Crippen LogP contribution in [0, 0.1) is 10.1 Å². The Labute approximate surface area is 112 Å². The molecule has 1 fully saturated rings. The minimum Gasteiger partial charge on any atom is -0.347 e. The number of halogens is 1. The average molecular weight is 314 g/mol. The topological polar surface area (TPSA) is 98.3 Å². The van der Waals surface area contributed by atoms with Gasteiger partial charge in [0.25, 0.3) is 5.69 Å². The Hall–Kier alpha value is -1.47. The van der Waals surface area contributed by atoms with E-state index in [2.05, 4.69) is 21.2 Å². The largest absolute Gasteiger partial charge is 0.347 e. The van der Waals surface area contributed by atoms with Crippen molar-refractivity contribution in [1.29, 1.82) is 0 Å². The van der Waals surface area contributed by atoms with Crippen LogP contribution in [0.3, 0.4) is 0 Å². The fourth-order valence-electron chi connectivity index (χ4n) is 2.06. The molecule has 1 aliphatic heterocycles. The molecule has 1 aliphatic rings. The summed E-state index contributed by atoms with van der Waals surface area (Å²) >= 11 is 3.19. The molecular weight excluding hydrogens is 302 g/mol. The van der Waals surface area contributed by atoms with Gasteiger partial charge < -0.3 is 11.1 Å². The molecule has 18 heavy (non-hydrogen) atoms. The van der Waals surface area contributed by atoms with Crippen molar-refractivity contribution in [2.24, 2.45) is 5.73 Å². The molecule has 6 nitrogen and oxygen atoms in total. The van der Waals surface area contributed by atoms with Crippen LogP contribution in [0.2, 0.25) is 0 Å². The smallest absolute Gasteiger partial charge is 0.275 e. The maximum absolute atomic E-state index is 11.4. The first kappa shape index (κ1) is 13.0. The van der Waals surface area contributed by atoms with Gasteiger partial charge in [-0.2, -0.15) is 0 Å². The maximum Gasteiger partial charge on any atom is 0.275 e. The van der Waals surface area contributed by atoms with Crippen LogP contribution in [0.25, 0.3) is 0 Å². The molecular formula is C11H12BrN3O3. The van der Waals surface area contributed by atoms with Crippen LogP contribution in [0.5, 0.6) is 0 Å². The molecule has 0 radical (unpaired) electrons. The van der Waals surface area contributed by atoms with Crippen LogP contribution in [0.4, 0.5) is 5.69 Å². The van der Waals surface area contributed by atoms with E-state index in [-0.39, 0.29) is 17.6 Å². The van der Waals surface area contributed by atoms with E-state index in [1.165, 1.54) is 6.07 Å². The molecule has 1 heterocycles. The zero-order valence-corrected chi connectivity index (χ0v) is 11.0. The number of hydrogen-bond donors (Lipinski definition) is 2. The first-order chi connectivity index (χ1) is 8.49. The van der Waals surface area contributed by atoms with Gasteiger partial charge in [-0.15, -0.1) is 0 Å². The van der Waals surface area contributed by atoms with Gasteiger partial charge in [0.2, 0.25) is 5.91 Å². The first-order valence-corrected chi connectivity index (χ1v) is 6.27. The summed E-state index contributed by atoms with van der Waals surface area (Å²) in [5, 5.41) is 13.7. The summed E-state index contributed by atoms with van der Waals surface area (Å²) < 4.78 is 0.619. The van der Waals surface area contributed by atoms with E-state index in [4.69, 9.17) is 5.73 Å². The third kappa shape index (κ3) is 2.51. The number of nitrogens with zero attached hydrogens (tertiary/aromatic N) is 1. The number of hydrogen-bond acceptors (Lipinski definition) is 4. The Kier molecular flexibility index (Phi) is 3.63. The average Bonchev–Trinajstić information content (AvgIpc) is 2.32. The zero-order chi connectivity index (χ0) is 13.3. The van der Waals surface area contributed by atoms with Crippen molar-refractivity contribution in [1.82, 2.24) is 5.32 Å². The molecule has 1 amide bonds. The number of nitro groups is 1. The SMILES string of the molecule is NC1CCC(=O)NC1c1ccc(Br)cc1[N+](=O)[O-]. The summed E-state index contributed by atoms with van der Waals surface area (Å²) in [4.78, 5) is 22.0. The quantitative estimate of drug-likeness (QED) is 0.640. The van der Waals surface area contributed by atoms with E-state index in [0.717, 1.165) is 0 Å². The number of benzene rings is 1. The van der Waals surface area contributed by atoms with Crippen LogP contribution in [-0.4, -0.2) is 16.9 Å². The van der Waals surface area contributed by atoms with Gasteiger partial charge in [0, 0.05) is 23.0 Å². The molecule has 2 rings (SSSR count). The van der Waals surface area contributed by atoms with Crippen molar-refractivity contribution in [2.75, 3.05) is 0 Å². The standard InChI is InChI=1S/C11H12BrN3O3/c12-6-1-2-7(9(5-6)15(17)18)11-8(13)3-4-10(16)14-11/h1-2,5,8,11H,3-4,13H2,(H,14,16). The van der Waals surface area contributed by atoms with Crippen LogP contribution in [0.1, 0.15) is 24.4 Å². The highest BCUT2D eigenvalue weighted by Gasteiger charge is 2.31. The molecule has 2 unspecified atom stereocenters. The predicted molar refractivity (Wildman–Crippen MR) is 68.9 cm³/mol. The Balaban J connectivity index is 2.43. The number of carbonyl (C=O) groups excluding carboxylic acids is 1. The third-order valence-corrected chi connectivity index (χ3v) is 3.47. The van der Waals surface area contributed by atoms with Crippen LogP contribution in [-0.2, 0) is 4.79 Å². The Morgan fingerprint density at radius 1 is 1.50 bits per heavy atom. The lowest BCUT2D eigenvalue weighted by Gasteiger charge is -2.29. The second kappa shape index (κ2) is 5.03. The highest BCUT2D eigenvalue weighted by atomic mass is 79.9. The molecule has 7 heteroatoms. The van der Waals surface area contributed by atoms with Crippen LogP contribution < -0.4 is 11.1 Å². The minimum absolute atomic E-state index is 0.0352. The lowest BCUT2D eigenvalue weighted by molar-refractivity contribution is -0.385. The number of carbonyl (C=O) groups is 1. The molecule has 0 saturated carbocycles. The number of nitro benzene ring substituents is 1. The maximum atomic E-state index is 11.4. The van der Waals surface area contributed by atoms with Gasteiger partial charge in [-0.3, -0.25) is 14.9 Å². The van der Waals surface area contributed by atoms with Gasteiger partial charge in [-0.25, -0.2) is 0 Å². The zero-order valence-electron chi connectivity index (χ0n) is 9.43. The number of rotatable bonds is 2. The monoisotopic (exact) mass is 313 g/mol. The van der Waals surface area contributed by atoms with Gasteiger partial charge in [-0.1, -0.05) is 15.9 Å². The van der Waals surface area contributed by atoms with Gasteiger partial charge in [0.1, 0.15) is 0 Å². The molecule has 1 saturated heterocycles. The van der Waals surface area contributed by atoms with Crippen molar-refractivity contribution in [3.63, 3.8) is 0 Å². The fourth-order valence-corrected chi connectivity index (χ4v) is 2.41. The van der Waals surface area contributed by atoms with Crippen molar-refractivity contribution >= 4 is 27.5 Å². The highest BCUT2D eigenvalue weighted by molar-refractivity contribution is 9.10. The number of amides is 1. The lowest BCUT2D eigenvalue weighted by atomic mass is 9.92. The van der Waals surface area contributed by atoms with Gasteiger partial charge >= 0.3 is 0 Å². The van der Waals surface area contributed by atoms with Gasteiger partial charge in [0.15, 0.2) is 0 Å². The lowest BCUT2D eigenvalue weighted by Crippen LogP contribution is -2.45. The molecule has 0 aliphatic carbocycles. The Morgan fingerprint density at radius 2 is 2.22 bits per heavy atom. The molecule has 1 aromatic carbocycles. The third-order valence-electron chi connectivity index (χ3n) is 2.97. The second-order valence-corrected chi connectivity index (χ2v) is 5.12. The van der Waals surface area contributed by atoms with Crippen molar-refractivity contribution in [2.45, 2.75) is 24.9 Å². The molecule has 0 aromatic heterocycles.